The lowest BCUT2D eigenvalue weighted by Crippen LogP contribution is -2.14. The Balaban J connectivity index is 1.68. The highest BCUT2D eigenvalue weighted by molar-refractivity contribution is 8.01. The zero-order valence-electron chi connectivity index (χ0n) is 12.9. The quantitative estimate of drug-likeness (QED) is 0.395. The first-order valence-electron chi connectivity index (χ1n) is 7.17. The van der Waals surface area contributed by atoms with Gasteiger partial charge in [0.05, 0.1) is 27.2 Å². The molecule has 2 aromatic carbocycles. The summed E-state index contributed by atoms with van der Waals surface area (Å²) >= 11 is 19.7. The molecule has 3 aromatic rings. The topological polar surface area (TPSA) is 46.9 Å². The molecule has 0 bridgehead atoms. The summed E-state index contributed by atoms with van der Waals surface area (Å²) in [6.07, 6.45) is 0. The van der Waals surface area contributed by atoms with Gasteiger partial charge in [0.25, 0.3) is 0 Å². The zero-order valence-corrected chi connectivity index (χ0v) is 16.9. The van der Waals surface area contributed by atoms with Crippen LogP contribution in [0.25, 0.3) is 5.69 Å². The van der Waals surface area contributed by atoms with E-state index >= 15 is 0 Å². The molecule has 3 rings (SSSR count). The van der Waals surface area contributed by atoms with Crippen LogP contribution in [0.3, 0.4) is 0 Å². The van der Waals surface area contributed by atoms with Gasteiger partial charge in [-0.15, -0.1) is 5.10 Å². The molecule has 0 radical (unpaired) electrons. The van der Waals surface area contributed by atoms with Crippen LogP contribution in [-0.2, 0) is 4.79 Å². The number of carbonyl (C=O) groups is 1. The Hall–Kier alpha value is -1.45. The molecule has 10 heteroatoms. The van der Waals surface area contributed by atoms with Crippen molar-refractivity contribution in [3.05, 3.63) is 62.3 Å². The number of amides is 1. The van der Waals surface area contributed by atoms with Crippen molar-refractivity contribution in [1.82, 2.24) is 9.78 Å². The van der Waals surface area contributed by atoms with Crippen molar-refractivity contribution in [3.63, 3.8) is 0 Å². The summed E-state index contributed by atoms with van der Waals surface area (Å²) in [7, 11) is 0. The highest BCUT2D eigenvalue weighted by Gasteiger charge is 2.11. The van der Waals surface area contributed by atoms with E-state index in [1.54, 1.807) is 35.0 Å². The first-order chi connectivity index (χ1) is 12.4. The predicted octanol–water partition coefficient (Wildman–Crippen LogP) is 5.84. The van der Waals surface area contributed by atoms with Gasteiger partial charge >= 0.3 is 0 Å². The number of thioether (sulfide) groups is 1. The van der Waals surface area contributed by atoms with E-state index in [1.165, 1.54) is 35.2 Å². The summed E-state index contributed by atoms with van der Waals surface area (Å²) in [4.78, 5) is 12.0. The van der Waals surface area contributed by atoms with E-state index in [0.29, 0.717) is 24.0 Å². The van der Waals surface area contributed by atoms with E-state index in [1.807, 2.05) is 0 Å². The third kappa shape index (κ3) is 4.63. The SMILES string of the molecule is O=C(CSc1nn(-c2ccc(Cl)c(Cl)c2)c(=S)s1)Nc1ccccc1F. The molecule has 0 saturated carbocycles. The molecule has 0 aliphatic heterocycles. The maximum absolute atomic E-state index is 13.5. The van der Waals surface area contributed by atoms with Crippen molar-refractivity contribution in [2.45, 2.75) is 4.34 Å². The highest BCUT2D eigenvalue weighted by atomic mass is 35.5. The van der Waals surface area contributed by atoms with E-state index in [4.69, 9.17) is 35.4 Å². The monoisotopic (exact) mass is 445 g/mol. The second-order valence-electron chi connectivity index (χ2n) is 4.96. The Labute approximate surface area is 171 Å². The summed E-state index contributed by atoms with van der Waals surface area (Å²) in [5, 5.41) is 7.75. The fourth-order valence-electron chi connectivity index (χ4n) is 1.98. The smallest absolute Gasteiger partial charge is 0.234 e. The molecular formula is C16H10Cl2FN3OS3. The Bertz CT molecular complexity index is 1020. The lowest BCUT2D eigenvalue weighted by atomic mass is 10.3. The number of carbonyl (C=O) groups excluding carboxylic acids is 1. The highest BCUT2D eigenvalue weighted by Crippen LogP contribution is 2.28. The Morgan fingerprint density at radius 3 is 2.77 bits per heavy atom. The average Bonchev–Trinajstić information content (AvgIpc) is 2.98. The van der Waals surface area contributed by atoms with Crippen molar-refractivity contribution in [2.75, 3.05) is 11.1 Å². The van der Waals surface area contributed by atoms with Crippen LogP contribution >= 0.6 is 58.5 Å². The Kier molecular flexibility index (Phi) is 6.31. The molecule has 0 aliphatic carbocycles. The number of rotatable bonds is 5. The van der Waals surface area contributed by atoms with Gasteiger partial charge in [0.15, 0.2) is 8.29 Å². The van der Waals surface area contributed by atoms with Gasteiger partial charge in [-0.3, -0.25) is 4.79 Å². The first kappa shape index (κ1) is 19.3. The van der Waals surface area contributed by atoms with E-state index in [2.05, 4.69) is 10.4 Å². The molecule has 0 spiro atoms. The number of hydrogen-bond donors (Lipinski definition) is 1. The molecule has 0 saturated heterocycles. The summed E-state index contributed by atoms with van der Waals surface area (Å²) in [6, 6.07) is 11.1. The van der Waals surface area contributed by atoms with Crippen molar-refractivity contribution in [1.29, 1.82) is 0 Å². The number of aromatic nitrogens is 2. The molecule has 0 atom stereocenters. The number of benzene rings is 2. The molecule has 4 nitrogen and oxygen atoms in total. The van der Waals surface area contributed by atoms with E-state index in [0.717, 1.165) is 0 Å². The van der Waals surface area contributed by atoms with Gasteiger partial charge < -0.3 is 5.32 Å². The summed E-state index contributed by atoms with van der Waals surface area (Å²) in [5.74, 6) is -0.731. The van der Waals surface area contributed by atoms with Crippen LogP contribution in [0.15, 0.2) is 46.8 Å². The van der Waals surface area contributed by atoms with E-state index < -0.39 is 5.82 Å². The van der Waals surface area contributed by atoms with Gasteiger partial charge in [-0.2, -0.15) is 0 Å². The van der Waals surface area contributed by atoms with Crippen molar-refractivity contribution in [3.8, 4) is 5.69 Å². The molecule has 134 valence electrons. The second kappa shape index (κ2) is 8.49. The van der Waals surface area contributed by atoms with Crippen molar-refractivity contribution >= 4 is 70.1 Å². The predicted molar refractivity (Wildman–Crippen MR) is 108 cm³/mol. The molecular weight excluding hydrogens is 436 g/mol. The molecule has 0 fully saturated rings. The minimum atomic E-state index is -0.481. The molecule has 1 amide bonds. The van der Waals surface area contributed by atoms with Gasteiger partial charge in [-0.05, 0) is 42.5 Å². The minimum absolute atomic E-state index is 0.0813. The molecule has 0 aliphatic rings. The Morgan fingerprint density at radius 2 is 2.04 bits per heavy atom. The van der Waals surface area contributed by atoms with E-state index in [9.17, 15) is 9.18 Å². The molecule has 1 heterocycles. The maximum Gasteiger partial charge on any atom is 0.234 e. The van der Waals surface area contributed by atoms with Crippen LogP contribution in [0.4, 0.5) is 10.1 Å². The molecule has 1 aromatic heterocycles. The molecule has 0 unspecified atom stereocenters. The number of nitrogens with one attached hydrogen (secondary N) is 1. The Morgan fingerprint density at radius 1 is 1.27 bits per heavy atom. The first-order valence-corrected chi connectivity index (χ1v) is 10.1. The average molecular weight is 446 g/mol. The third-order valence-electron chi connectivity index (χ3n) is 3.15. The third-order valence-corrected chi connectivity index (χ3v) is 6.26. The van der Waals surface area contributed by atoms with Gasteiger partial charge in [0.1, 0.15) is 5.82 Å². The lowest BCUT2D eigenvalue weighted by molar-refractivity contribution is -0.113. The molecule has 1 N–H and O–H groups in total. The van der Waals surface area contributed by atoms with Gasteiger partial charge in [0, 0.05) is 0 Å². The number of anilines is 1. The van der Waals surface area contributed by atoms with Crippen LogP contribution < -0.4 is 5.32 Å². The lowest BCUT2D eigenvalue weighted by Gasteiger charge is -2.05. The summed E-state index contributed by atoms with van der Waals surface area (Å²) in [6.45, 7) is 0. The zero-order chi connectivity index (χ0) is 18.7. The maximum atomic E-state index is 13.5. The fraction of sp³-hybridized carbons (Fsp3) is 0.0625. The van der Waals surface area contributed by atoms with Crippen LogP contribution in [-0.4, -0.2) is 21.4 Å². The number of nitrogens with zero attached hydrogens (tertiary/aromatic N) is 2. The second-order valence-corrected chi connectivity index (χ2v) is 8.62. The van der Waals surface area contributed by atoms with Crippen LogP contribution in [0, 0.1) is 9.77 Å². The van der Waals surface area contributed by atoms with E-state index in [-0.39, 0.29) is 17.3 Å². The van der Waals surface area contributed by atoms with Gasteiger partial charge in [0.2, 0.25) is 5.91 Å². The number of hydrogen-bond acceptors (Lipinski definition) is 5. The van der Waals surface area contributed by atoms with Gasteiger partial charge in [-0.1, -0.05) is 58.4 Å². The van der Waals surface area contributed by atoms with Gasteiger partial charge in [-0.25, -0.2) is 9.07 Å². The summed E-state index contributed by atoms with van der Waals surface area (Å²) < 4.78 is 16.2. The normalized spacial score (nSPS) is 10.7. The van der Waals surface area contributed by atoms with Crippen LogP contribution in [0.1, 0.15) is 0 Å². The van der Waals surface area contributed by atoms with Crippen molar-refractivity contribution in [2.24, 2.45) is 0 Å². The van der Waals surface area contributed by atoms with Crippen molar-refractivity contribution < 1.29 is 9.18 Å². The molecule has 26 heavy (non-hydrogen) atoms. The number of halogens is 3. The largest absolute Gasteiger partial charge is 0.323 e. The fourth-order valence-corrected chi connectivity index (χ4v) is 4.43. The van der Waals surface area contributed by atoms with Crippen LogP contribution in [0.5, 0.6) is 0 Å². The minimum Gasteiger partial charge on any atom is -0.323 e. The summed E-state index contributed by atoms with van der Waals surface area (Å²) in [5.41, 5.74) is 0.829. The van der Waals surface area contributed by atoms with Crippen LogP contribution in [0.2, 0.25) is 10.0 Å². The standard InChI is InChI=1S/C16H10Cl2FN3OS3/c17-10-6-5-9(7-11(10)18)22-16(24)26-15(21-22)25-8-14(23)20-13-4-2-1-3-12(13)19/h1-7H,8H2,(H,20,23). The number of para-hydroxylation sites is 1.